The summed E-state index contributed by atoms with van der Waals surface area (Å²) in [6.07, 6.45) is 6.02. The molecule has 0 spiro atoms. The van der Waals surface area contributed by atoms with Crippen LogP contribution in [-0.4, -0.2) is 13.2 Å². The van der Waals surface area contributed by atoms with Crippen LogP contribution in [0.5, 0.6) is 11.5 Å². The third-order valence-electron chi connectivity index (χ3n) is 4.50. The molecular formula is C24H35NO2. The van der Waals surface area contributed by atoms with E-state index in [1.54, 1.807) is 0 Å². The van der Waals surface area contributed by atoms with Crippen LogP contribution in [-0.2, 0) is 6.54 Å². The molecule has 2 aromatic carbocycles. The van der Waals surface area contributed by atoms with Gasteiger partial charge in [-0.3, -0.25) is 0 Å². The smallest absolute Gasteiger partial charge is 0.119 e. The third-order valence-corrected chi connectivity index (χ3v) is 4.50. The van der Waals surface area contributed by atoms with Crippen LogP contribution in [0.2, 0.25) is 0 Å². The highest BCUT2D eigenvalue weighted by molar-refractivity contribution is 5.47. The lowest BCUT2D eigenvalue weighted by atomic mass is 10.1. The van der Waals surface area contributed by atoms with E-state index in [1.165, 1.54) is 24.8 Å². The molecule has 0 unspecified atom stereocenters. The summed E-state index contributed by atoms with van der Waals surface area (Å²) in [5.74, 6) is 2.56. The summed E-state index contributed by atoms with van der Waals surface area (Å²) >= 11 is 0. The molecule has 2 rings (SSSR count). The van der Waals surface area contributed by atoms with E-state index in [-0.39, 0.29) is 0 Å². The Labute approximate surface area is 165 Å². The molecule has 0 aliphatic rings. The summed E-state index contributed by atoms with van der Waals surface area (Å²) in [5.41, 5.74) is 2.34. The van der Waals surface area contributed by atoms with E-state index >= 15 is 0 Å². The third kappa shape index (κ3) is 8.85. The Bertz CT molecular complexity index is 620. The van der Waals surface area contributed by atoms with Gasteiger partial charge in [0.25, 0.3) is 0 Å². The number of anilines is 1. The highest BCUT2D eigenvalue weighted by Gasteiger charge is 1.99. The first-order valence-corrected chi connectivity index (χ1v) is 10.4. The van der Waals surface area contributed by atoms with E-state index in [1.807, 2.05) is 12.1 Å². The van der Waals surface area contributed by atoms with Gasteiger partial charge in [0.1, 0.15) is 11.5 Å². The fraction of sp³-hybridized carbons (Fsp3) is 0.500. The fourth-order valence-corrected chi connectivity index (χ4v) is 2.71. The van der Waals surface area contributed by atoms with Crippen LogP contribution in [0.15, 0.2) is 48.5 Å². The van der Waals surface area contributed by atoms with Crippen molar-refractivity contribution in [2.24, 2.45) is 5.92 Å². The Hall–Kier alpha value is -2.16. The number of unbranched alkanes of at least 4 members (excludes halogenated alkanes) is 3. The number of ether oxygens (including phenoxy) is 2. The summed E-state index contributed by atoms with van der Waals surface area (Å²) in [6, 6.07) is 16.5. The molecule has 0 amide bonds. The molecule has 1 N–H and O–H groups in total. The lowest BCUT2D eigenvalue weighted by molar-refractivity contribution is 0.289. The highest BCUT2D eigenvalue weighted by atomic mass is 16.5. The standard InChI is InChI=1S/C24H35NO2/c1-4-5-6-7-17-26-23-12-8-21(9-13-23)19-25-22-10-14-24(15-11-22)27-18-16-20(2)3/h8-15,20,25H,4-7,16-19H2,1-3H3. The van der Waals surface area contributed by atoms with Crippen molar-refractivity contribution in [1.82, 2.24) is 0 Å². The van der Waals surface area contributed by atoms with Crippen molar-refractivity contribution in [1.29, 1.82) is 0 Å². The van der Waals surface area contributed by atoms with Crippen LogP contribution in [0.3, 0.4) is 0 Å². The molecule has 0 bridgehead atoms. The van der Waals surface area contributed by atoms with Gasteiger partial charge in [-0.05, 0) is 60.7 Å². The van der Waals surface area contributed by atoms with Crippen LogP contribution in [0.1, 0.15) is 58.4 Å². The molecule has 3 nitrogen and oxygen atoms in total. The van der Waals surface area contributed by atoms with E-state index < -0.39 is 0 Å². The van der Waals surface area contributed by atoms with Crippen LogP contribution < -0.4 is 14.8 Å². The highest BCUT2D eigenvalue weighted by Crippen LogP contribution is 2.18. The molecule has 148 valence electrons. The molecule has 27 heavy (non-hydrogen) atoms. The van der Waals surface area contributed by atoms with Crippen molar-refractivity contribution >= 4 is 5.69 Å². The van der Waals surface area contributed by atoms with Crippen molar-refractivity contribution in [2.75, 3.05) is 18.5 Å². The molecule has 0 fully saturated rings. The lowest BCUT2D eigenvalue weighted by Gasteiger charge is -2.11. The normalized spacial score (nSPS) is 10.8. The molecular weight excluding hydrogens is 334 g/mol. The van der Waals surface area contributed by atoms with Gasteiger partial charge in [0.2, 0.25) is 0 Å². The minimum absolute atomic E-state index is 0.670. The van der Waals surface area contributed by atoms with Gasteiger partial charge in [-0.2, -0.15) is 0 Å². The van der Waals surface area contributed by atoms with Crippen LogP contribution in [0, 0.1) is 5.92 Å². The van der Waals surface area contributed by atoms with E-state index in [0.717, 1.165) is 49.8 Å². The maximum absolute atomic E-state index is 5.80. The van der Waals surface area contributed by atoms with Gasteiger partial charge in [0, 0.05) is 12.2 Å². The summed E-state index contributed by atoms with van der Waals surface area (Å²) in [4.78, 5) is 0. The van der Waals surface area contributed by atoms with Crippen molar-refractivity contribution in [3.05, 3.63) is 54.1 Å². The summed E-state index contributed by atoms with van der Waals surface area (Å²) < 4.78 is 11.6. The summed E-state index contributed by atoms with van der Waals surface area (Å²) in [6.45, 7) is 9.03. The van der Waals surface area contributed by atoms with Gasteiger partial charge in [0.05, 0.1) is 13.2 Å². The Kier molecular flexibility index (Phi) is 9.61. The van der Waals surface area contributed by atoms with Gasteiger partial charge >= 0.3 is 0 Å². The minimum atomic E-state index is 0.670. The molecule has 3 heteroatoms. The van der Waals surface area contributed by atoms with Crippen LogP contribution >= 0.6 is 0 Å². The number of hydrogen-bond acceptors (Lipinski definition) is 3. The molecule has 0 aliphatic carbocycles. The fourth-order valence-electron chi connectivity index (χ4n) is 2.71. The van der Waals surface area contributed by atoms with Gasteiger partial charge in [0.15, 0.2) is 0 Å². The van der Waals surface area contributed by atoms with Crippen LogP contribution in [0.25, 0.3) is 0 Å². The first kappa shape index (κ1) is 21.1. The Morgan fingerprint density at radius 1 is 0.778 bits per heavy atom. The Morgan fingerprint density at radius 2 is 1.41 bits per heavy atom. The van der Waals surface area contributed by atoms with Crippen molar-refractivity contribution in [3.63, 3.8) is 0 Å². The SMILES string of the molecule is CCCCCCOc1ccc(CNc2ccc(OCCC(C)C)cc2)cc1. The topological polar surface area (TPSA) is 30.5 Å². The second kappa shape index (κ2) is 12.3. The zero-order valence-electron chi connectivity index (χ0n) is 17.2. The van der Waals surface area contributed by atoms with Crippen molar-refractivity contribution in [2.45, 2.75) is 59.4 Å². The molecule has 0 aliphatic heterocycles. The second-order valence-electron chi connectivity index (χ2n) is 7.46. The van der Waals surface area contributed by atoms with Gasteiger partial charge in [-0.15, -0.1) is 0 Å². The summed E-state index contributed by atoms with van der Waals surface area (Å²) in [7, 11) is 0. The average molecular weight is 370 g/mol. The zero-order chi connectivity index (χ0) is 19.3. The van der Waals surface area contributed by atoms with Gasteiger partial charge in [-0.25, -0.2) is 0 Å². The largest absolute Gasteiger partial charge is 0.494 e. The molecule has 0 heterocycles. The predicted molar refractivity (Wildman–Crippen MR) is 115 cm³/mol. The van der Waals surface area contributed by atoms with E-state index in [9.17, 15) is 0 Å². The number of nitrogens with one attached hydrogen (secondary N) is 1. The Morgan fingerprint density at radius 3 is 2.04 bits per heavy atom. The molecule has 0 atom stereocenters. The van der Waals surface area contributed by atoms with E-state index in [4.69, 9.17) is 9.47 Å². The summed E-state index contributed by atoms with van der Waals surface area (Å²) in [5, 5.41) is 3.45. The maximum atomic E-state index is 5.80. The zero-order valence-corrected chi connectivity index (χ0v) is 17.2. The molecule has 0 radical (unpaired) electrons. The lowest BCUT2D eigenvalue weighted by Crippen LogP contribution is -2.02. The monoisotopic (exact) mass is 369 g/mol. The minimum Gasteiger partial charge on any atom is -0.494 e. The number of rotatable bonds is 13. The van der Waals surface area contributed by atoms with E-state index in [0.29, 0.717) is 5.92 Å². The van der Waals surface area contributed by atoms with Crippen LogP contribution in [0.4, 0.5) is 5.69 Å². The average Bonchev–Trinajstić information content (AvgIpc) is 2.68. The molecule has 2 aromatic rings. The maximum Gasteiger partial charge on any atom is 0.119 e. The molecule has 0 aromatic heterocycles. The second-order valence-corrected chi connectivity index (χ2v) is 7.46. The first-order valence-electron chi connectivity index (χ1n) is 10.4. The molecule has 0 saturated carbocycles. The Balaban J connectivity index is 1.69. The first-order chi connectivity index (χ1) is 13.2. The molecule has 0 saturated heterocycles. The number of benzene rings is 2. The van der Waals surface area contributed by atoms with Crippen molar-refractivity contribution in [3.8, 4) is 11.5 Å². The number of hydrogen-bond donors (Lipinski definition) is 1. The van der Waals surface area contributed by atoms with Gasteiger partial charge < -0.3 is 14.8 Å². The van der Waals surface area contributed by atoms with Crippen molar-refractivity contribution < 1.29 is 9.47 Å². The van der Waals surface area contributed by atoms with E-state index in [2.05, 4.69) is 62.5 Å². The predicted octanol–water partition coefficient (Wildman–Crippen LogP) is 6.68. The quantitative estimate of drug-likeness (QED) is 0.399. The van der Waals surface area contributed by atoms with Gasteiger partial charge in [-0.1, -0.05) is 52.2 Å².